The van der Waals surface area contributed by atoms with Crippen LogP contribution in [0.5, 0.6) is 5.75 Å². The topological polar surface area (TPSA) is 21.3 Å². The molecule has 3 heteroatoms. The van der Waals surface area contributed by atoms with Gasteiger partial charge in [0.25, 0.3) is 0 Å². The molecule has 96 valence electrons. The average Bonchev–Trinajstić information content (AvgIpc) is 2.92. The Morgan fingerprint density at radius 1 is 1.28 bits per heavy atom. The standard InChI is InChI=1S/C15H19NOS/c1-3-7-16-10-13-9-14(17-2)4-5-15(13)12-6-8-18-11-12/h4-6,8-9,11,16H,3,7,10H2,1-2H3. The molecule has 0 saturated carbocycles. The molecule has 2 rings (SSSR count). The molecule has 0 radical (unpaired) electrons. The fourth-order valence-electron chi connectivity index (χ4n) is 1.94. The van der Waals surface area contributed by atoms with Gasteiger partial charge in [0.05, 0.1) is 7.11 Å². The lowest BCUT2D eigenvalue weighted by Gasteiger charge is -2.11. The second kappa shape index (κ2) is 6.57. The van der Waals surface area contributed by atoms with Crippen LogP contribution in [0.3, 0.4) is 0 Å². The molecule has 2 nitrogen and oxygen atoms in total. The van der Waals surface area contributed by atoms with E-state index in [4.69, 9.17) is 4.74 Å². The maximum absolute atomic E-state index is 5.31. The van der Waals surface area contributed by atoms with E-state index in [2.05, 4.69) is 41.2 Å². The summed E-state index contributed by atoms with van der Waals surface area (Å²) in [7, 11) is 1.71. The molecule has 0 amide bonds. The quantitative estimate of drug-likeness (QED) is 0.796. The molecule has 1 N–H and O–H groups in total. The maximum Gasteiger partial charge on any atom is 0.119 e. The third kappa shape index (κ3) is 3.12. The summed E-state index contributed by atoms with van der Waals surface area (Å²) in [6.45, 7) is 4.11. The number of thiophene rings is 1. The number of nitrogens with one attached hydrogen (secondary N) is 1. The first-order valence-electron chi connectivity index (χ1n) is 6.25. The summed E-state index contributed by atoms with van der Waals surface area (Å²) in [5.74, 6) is 0.919. The fraction of sp³-hybridized carbons (Fsp3) is 0.333. The van der Waals surface area contributed by atoms with Crippen molar-refractivity contribution in [1.82, 2.24) is 5.32 Å². The maximum atomic E-state index is 5.31. The number of hydrogen-bond acceptors (Lipinski definition) is 3. The lowest BCUT2D eigenvalue weighted by molar-refractivity contribution is 0.414. The van der Waals surface area contributed by atoms with Crippen LogP contribution < -0.4 is 10.1 Å². The molecular weight excluding hydrogens is 242 g/mol. The first-order chi connectivity index (χ1) is 8.85. The molecule has 0 saturated heterocycles. The second-order valence-electron chi connectivity index (χ2n) is 4.21. The van der Waals surface area contributed by atoms with Crippen molar-refractivity contribution in [3.05, 3.63) is 40.6 Å². The van der Waals surface area contributed by atoms with Gasteiger partial charge < -0.3 is 10.1 Å². The molecule has 0 aliphatic heterocycles. The number of hydrogen-bond donors (Lipinski definition) is 1. The van der Waals surface area contributed by atoms with Gasteiger partial charge in [0, 0.05) is 6.54 Å². The number of methoxy groups -OCH3 is 1. The molecule has 1 aromatic heterocycles. The van der Waals surface area contributed by atoms with Crippen molar-refractivity contribution < 1.29 is 4.74 Å². The molecule has 0 fully saturated rings. The van der Waals surface area contributed by atoms with Crippen molar-refractivity contribution in [2.24, 2.45) is 0 Å². The third-order valence-electron chi connectivity index (χ3n) is 2.89. The van der Waals surface area contributed by atoms with E-state index >= 15 is 0 Å². The van der Waals surface area contributed by atoms with Crippen molar-refractivity contribution in [2.45, 2.75) is 19.9 Å². The van der Waals surface area contributed by atoms with Gasteiger partial charge in [0.1, 0.15) is 5.75 Å². The van der Waals surface area contributed by atoms with E-state index in [0.717, 1.165) is 25.3 Å². The van der Waals surface area contributed by atoms with Gasteiger partial charge in [-0.25, -0.2) is 0 Å². The highest BCUT2D eigenvalue weighted by molar-refractivity contribution is 7.08. The van der Waals surface area contributed by atoms with Crippen LogP contribution in [0.4, 0.5) is 0 Å². The smallest absolute Gasteiger partial charge is 0.119 e. The fourth-order valence-corrected chi connectivity index (χ4v) is 2.60. The Bertz CT molecular complexity index is 479. The second-order valence-corrected chi connectivity index (χ2v) is 4.99. The molecule has 0 spiro atoms. The monoisotopic (exact) mass is 261 g/mol. The van der Waals surface area contributed by atoms with Crippen LogP contribution in [0.1, 0.15) is 18.9 Å². The Labute approximate surface area is 113 Å². The molecule has 2 aromatic rings. The molecule has 0 bridgehead atoms. The first-order valence-corrected chi connectivity index (χ1v) is 7.19. The zero-order chi connectivity index (χ0) is 12.8. The molecule has 0 unspecified atom stereocenters. The van der Waals surface area contributed by atoms with Crippen LogP contribution in [0.25, 0.3) is 11.1 Å². The van der Waals surface area contributed by atoms with Gasteiger partial charge in [0.2, 0.25) is 0 Å². The van der Waals surface area contributed by atoms with Crippen molar-refractivity contribution in [3.8, 4) is 16.9 Å². The zero-order valence-corrected chi connectivity index (χ0v) is 11.7. The number of ether oxygens (including phenoxy) is 1. The molecule has 0 atom stereocenters. The lowest BCUT2D eigenvalue weighted by Crippen LogP contribution is -2.14. The van der Waals surface area contributed by atoms with Gasteiger partial charge in [-0.15, -0.1) is 0 Å². The van der Waals surface area contributed by atoms with Crippen molar-refractivity contribution in [2.75, 3.05) is 13.7 Å². The normalized spacial score (nSPS) is 10.6. The summed E-state index contributed by atoms with van der Waals surface area (Å²) in [4.78, 5) is 0. The summed E-state index contributed by atoms with van der Waals surface area (Å²) in [5.41, 5.74) is 3.87. The largest absolute Gasteiger partial charge is 0.497 e. The van der Waals surface area contributed by atoms with E-state index in [1.54, 1.807) is 18.4 Å². The van der Waals surface area contributed by atoms with Crippen molar-refractivity contribution in [3.63, 3.8) is 0 Å². The predicted octanol–water partition coefficient (Wildman–Crippen LogP) is 3.92. The van der Waals surface area contributed by atoms with Crippen LogP contribution in [-0.4, -0.2) is 13.7 Å². The third-order valence-corrected chi connectivity index (χ3v) is 3.57. The summed E-state index contributed by atoms with van der Waals surface area (Å²) < 4.78 is 5.31. The summed E-state index contributed by atoms with van der Waals surface area (Å²) in [6, 6.07) is 8.45. The SMILES string of the molecule is CCCNCc1cc(OC)ccc1-c1ccsc1. The van der Waals surface area contributed by atoms with Crippen molar-refractivity contribution >= 4 is 11.3 Å². The van der Waals surface area contributed by atoms with Gasteiger partial charge in [0.15, 0.2) is 0 Å². The Kier molecular flexibility index (Phi) is 4.79. The summed E-state index contributed by atoms with van der Waals surface area (Å²) in [6.07, 6.45) is 1.15. The molecule has 18 heavy (non-hydrogen) atoms. The van der Waals surface area contributed by atoms with Gasteiger partial charge in [-0.3, -0.25) is 0 Å². The Hall–Kier alpha value is -1.32. The van der Waals surface area contributed by atoms with Gasteiger partial charge in [-0.2, -0.15) is 11.3 Å². The van der Waals surface area contributed by atoms with E-state index in [0.29, 0.717) is 0 Å². The minimum Gasteiger partial charge on any atom is -0.497 e. The summed E-state index contributed by atoms with van der Waals surface area (Å²) in [5, 5.41) is 7.75. The van der Waals surface area contributed by atoms with Gasteiger partial charge in [-0.05, 0) is 58.6 Å². The number of rotatable bonds is 6. The van der Waals surface area contributed by atoms with Crippen LogP contribution >= 0.6 is 11.3 Å². The van der Waals surface area contributed by atoms with E-state index in [1.165, 1.54) is 16.7 Å². The number of benzene rings is 1. The average molecular weight is 261 g/mol. The highest BCUT2D eigenvalue weighted by atomic mass is 32.1. The molecule has 1 aromatic carbocycles. The highest BCUT2D eigenvalue weighted by Crippen LogP contribution is 2.28. The highest BCUT2D eigenvalue weighted by Gasteiger charge is 2.07. The first kappa shape index (κ1) is 13.1. The zero-order valence-electron chi connectivity index (χ0n) is 10.9. The van der Waals surface area contributed by atoms with E-state index in [9.17, 15) is 0 Å². The van der Waals surface area contributed by atoms with Crippen molar-refractivity contribution in [1.29, 1.82) is 0 Å². The van der Waals surface area contributed by atoms with E-state index in [-0.39, 0.29) is 0 Å². The van der Waals surface area contributed by atoms with Gasteiger partial charge >= 0.3 is 0 Å². The molecular formula is C15H19NOS. The minimum absolute atomic E-state index is 0.885. The van der Waals surface area contributed by atoms with E-state index < -0.39 is 0 Å². The summed E-state index contributed by atoms with van der Waals surface area (Å²) >= 11 is 1.73. The van der Waals surface area contributed by atoms with Gasteiger partial charge in [-0.1, -0.05) is 13.0 Å². The Balaban J connectivity index is 2.27. The van der Waals surface area contributed by atoms with E-state index in [1.807, 2.05) is 6.07 Å². The predicted molar refractivity (Wildman–Crippen MR) is 78.3 cm³/mol. The van der Waals surface area contributed by atoms with Crippen LogP contribution in [-0.2, 0) is 6.54 Å². The Morgan fingerprint density at radius 3 is 2.83 bits per heavy atom. The lowest BCUT2D eigenvalue weighted by atomic mass is 10.0. The molecule has 0 aliphatic carbocycles. The van der Waals surface area contributed by atoms with Crippen LogP contribution in [0, 0.1) is 0 Å². The molecule has 1 heterocycles. The van der Waals surface area contributed by atoms with Crippen LogP contribution in [0.2, 0.25) is 0 Å². The van der Waals surface area contributed by atoms with Crippen LogP contribution in [0.15, 0.2) is 35.0 Å². The minimum atomic E-state index is 0.885. The molecule has 0 aliphatic rings. The Morgan fingerprint density at radius 2 is 2.17 bits per heavy atom.